The lowest BCUT2D eigenvalue weighted by atomic mass is 9.97. The van der Waals surface area contributed by atoms with E-state index in [9.17, 15) is 19.2 Å². The summed E-state index contributed by atoms with van der Waals surface area (Å²) in [7, 11) is 1.39. The number of carbonyl (C=O) groups is 4. The molecule has 1 fully saturated rings. The number of nitrogens with zero attached hydrogens (tertiary/aromatic N) is 1. The Balaban J connectivity index is 1.64. The van der Waals surface area contributed by atoms with Crippen molar-refractivity contribution in [3.05, 3.63) is 66.4 Å². The number of benzene rings is 2. The van der Waals surface area contributed by atoms with Crippen LogP contribution in [0.2, 0.25) is 0 Å². The molecule has 0 unspecified atom stereocenters. The van der Waals surface area contributed by atoms with E-state index < -0.39 is 29.5 Å². The Labute approximate surface area is 171 Å². The Morgan fingerprint density at radius 1 is 1.07 bits per heavy atom. The van der Waals surface area contributed by atoms with Crippen LogP contribution in [-0.2, 0) is 14.4 Å². The Morgan fingerprint density at radius 2 is 1.80 bits per heavy atom. The number of fused-ring (bicyclic) bond motifs is 1. The molecule has 1 atom stereocenters. The van der Waals surface area contributed by atoms with E-state index in [1.54, 1.807) is 24.4 Å². The van der Waals surface area contributed by atoms with Crippen molar-refractivity contribution in [3.8, 4) is 5.75 Å². The van der Waals surface area contributed by atoms with Crippen LogP contribution >= 0.6 is 0 Å². The van der Waals surface area contributed by atoms with E-state index in [0.29, 0.717) is 0 Å². The number of rotatable bonds is 5. The molecule has 3 aromatic rings. The number of hydrogen-bond donors (Lipinski definition) is 2. The van der Waals surface area contributed by atoms with Gasteiger partial charge in [0, 0.05) is 17.1 Å². The second-order valence-corrected chi connectivity index (χ2v) is 6.60. The lowest BCUT2D eigenvalue weighted by molar-refractivity contribution is -0.139. The summed E-state index contributed by atoms with van der Waals surface area (Å²) in [5.41, 5.74) is 1.78. The van der Waals surface area contributed by atoms with E-state index >= 15 is 0 Å². The highest BCUT2D eigenvalue weighted by molar-refractivity contribution is 6.36. The number of ketones is 1. The van der Waals surface area contributed by atoms with Gasteiger partial charge in [0.15, 0.2) is 11.7 Å². The first-order valence-corrected chi connectivity index (χ1v) is 9.11. The second-order valence-electron chi connectivity index (χ2n) is 6.60. The molecule has 1 aliphatic rings. The Morgan fingerprint density at radius 3 is 2.60 bits per heavy atom. The smallest absolute Gasteiger partial charge is 0.335 e. The first-order valence-electron chi connectivity index (χ1n) is 9.11. The molecule has 0 spiro atoms. The molecule has 2 N–H and O–H groups in total. The van der Waals surface area contributed by atoms with Gasteiger partial charge >= 0.3 is 6.03 Å². The fraction of sp³-hybridized carbons (Fsp3) is 0.0909. The molecule has 8 heteroatoms. The molecule has 2 aromatic carbocycles. The summed E-state index contributed by atoms with van der Waals surface area (Å²) < 4.78 is 5.19. The number of anilines is 1. The lowest BCUT2D eigenvalue weighted by Crippen LogP contribution is -2.60. The van der Waals surface area contributed by atoms with Gasteiger partial charge in [-0.1, -0.05) is 30.3 Å². The molecule has 0 radical (unpaired) electrons. The molecule has 4 amide bonds. The number of ether oxygens (including phenoxy) is 1. The van der Waals surface area contributed by atoms with Gasteiger partial charge in [-0.2, -0.15) is 0 Å². The van der Waals surface area contributed by atoms with E-state index in [1.807, 2.05) is 24.3 Å². The highest BCUT2D eigenvalue weighted by Crippen LogP contribution is 2.30. The number of nitrogens with one attached hydrogen (secondary N) is 2. The van der Waals surface area contributed by atoms with Gasteiger partial charge in [-0.25, -0.2) is 9.69 Å². The molecule has 0 saturated carbocycles. The molecule has 150 valence electrons. The summed E-state index contributed by atoms with van der Waals surface area (Å²) in [4.78, 5) is 54.1. The lowest BCUT2D eigenvalue weighted by Gasteiger charge is -2.29. The van der Waals surface area contributed by atoms with Crippen molar-refractivity contribution in [1.82, 2.24) is 10.3 Å². The third-order valence-corrected chi connectivity index (χ3v) is 4.82. The summed E-state index contributed by atoms with van der Waals surface area (Å²) in [5.74, 6) is -4.02. The number of H-pyrrole nitrogens is 1. The number of methoxy groups -OCH3 is 1. The van der Waals surface area contributed by atoms with Gasteiger partial charge in [-0.15, -0.1) is 0 Å². The minimum Gasteiger partial charge on any atom is -0.495 e. The topological polar surface area (TPSA) is 109 Å². The van der Waals surface area contributed by atoms with Gasteiger partial charge in [-0.3, -0.25) is 19.7 Å². The highest BCUT2D eigenvalue weighted by Gasteiger charge is 2.45. The first kappa shape index (κ1) is 19.1. The predicted molar refractivity (Wildman–Crippen MR) is 110 cm³/mol. The first-order chi connectivity index (χ1) is 14.5. The van der Waals surface area contributed by atoms with Crippen molar-refractivity contribution < 1.29 is 23.9 Å². The van der Waals surface area contributed by atoms with Crippen LogP contribution < -0.4 is 15.0 Å². The van der Waals surface area contributed by atoms with Crippen LogP contribution in [0, 0.1) is 5.92 Å². The fourth-order valence-electron chi connectivity index (χ4n) is 3.37. The van der Waals surface area contributed by atoms with Crippen molar-refractivity contribution >= 4 is 46.3 Å². The number of aromatic amines is 1. The number of hydrogen-bond acceptors (Lipinski definition) is 5. The standard InChI is InChI=1S/C22H17N3O5/c1-30-18-9-5-4-8-16(18)25-21(28)19(20(27)24-22(25)29)17(26)11-10-13-12-23-15-7-3-2-6-14(13)15/h2-12,19,23H,1H3,(H,24,27,29)/b11-10+/t19-/m1/s1. The minimum absolute atomic E-state index is 0.147. The zero-order valence-corrected chi connectivity index (χ0v) is 15.9. The summed E-state index contributed by atoms with van der Waals surface area (Å²) in [6.07, 6.45) is 4.43. The van der Waals surface area contributed by atoms with Gasteiger partial charge in [0.25, 0.3) is 5.91 Å². The molecular weight excluding hydrogens is 386 g/mol. The van der Waals surface area contributed by atoms with Crippen molar-refractivity contribution in [2.24, 2.45) is 5.92 Å². The molecule has 1 saturated heterocycles. The average molecular weight is 403 g/mol. The van der Waals surface area contributed by atoms with Crippen molar-refractivity contribution in [3.63, 3.8) is 0 Å². The second kappa shape index (κ2) is 7.67. The monoisotopic (exact) mass is 403 g/mol. The summed E-state index contributed by atoms with van der Waals surface area (Å²) in [6, 6.07) is 12.9. The van der Waals surface area contributed by atoms with E-state index in [0.717, 1.165) is 21.4 Å². The number of imide groups is 2. The van der Waals surface area contributed by atoms with E-state index in [1.165, 1.54) is 25.3 Å². The number of amides is 4. The van der Waals surface area contributed by atoms with Crippen LogP contribution in [0.3, 0.4) is 0 Å². The highest BCUT2D eigenvalue weighted by atomic mass is 16.5. The van der Waals surface area contributed by atoms with Gasteiger partial charge < -0.3 is 9.72 Å². The van der Waals surface area contributed by atoms with Crippen LogP contribution in [0.25, 0.3) is 17.0 Å². The third kappa shape index (κ3) is 3.24. The quantitative estimate of drug-likeness (QED) is 0.503. The summed E-state index contributed by atoms with van der Waals surface area (Å²) in [6.45, 7) is 0. The van der Waals surface area contributed by atoms with Gasteiger partial charge in [-0.05, 0) is 35.9 Å². The average Bonchev–Trinajstić information content (AvgIpc) is 3.15. The zero-order chi connectivity index (χ0) is 21.3. The minimum atomic E-state index is -1.67. The number of para-hydroxylation sites is 3. The molecule has 8 nitrogen and oxygen atoms in total. The normalized spacial score (nSPS) is 16.9. The van der Waals surface area contributed by atoms with Crippen LogP contribution in [0.15, 0.2) is 60.8 Å². The summed E-state index contributed by atoms with van der Waals surface area (Å²) >= 11 is 0. The molecule has 2 heterocycles. The molecule has 4 rings (SSSR count). The van der Waals surface area contributed by atoms with Gasteiger partial charge in [0.2, 0.25) is 5.91 Å². The molecule has 0 aliphatic carbocycles. The summed E-state index contributed by atoms with van der Waals surface area (Å²) in [5, 5.41) is 2.97. The Hall–Kier alpha value is -4.20. The molecule has 1 aliphatic heterocycles. The predicted octanol–water partition coefficient (Wildman–Crippen LogP) is 2.66. The molecule has 30 heavy (non-hydrogen) atoms. The number of barbiturate groups is 1. The molecule has 1 aromatic heterocycles. The third-order valence-electron chi connectivity index (χ3n) is 4.82. The van der Waals surface area contributed by atoms with Crippen LogP contribution in [0.1, 0.15) is 5.56 Å². The van der Waals surface area contributed by atoms with Crippen molar-refractivity contribution in [2.45, 2.75) is 0 Å². The maximum atomic E-state index is 13.0. The largest absolute Gasteiger partial charge is 0.495 e. The van der Waals surface area contributed by atoms with Gasteiger partial charge in [0.1, 0.15) is 5.75 Å². The van der Waals surface area contributed by atoms with Gasteiger partial charge in [0.05, 0.1) is 12.8 Å². The maximum Gasteiger partial charge on any atom is 0.335 e. The van der Waals surface area contributed by atoms with Crippen LogP contribution in [-0.4, -0.2) is 35.7 Å². The molecular formula is C22H17N3O5. The van der Waals surface area contributed by atoms with Crippen LogP contribution in [0.5, 0.6) is 5.75 Å². The SMILES string of the molecule is COc1ccccc1N1C(=O)NC(=O)[C@@H](C(=O)/C=C/c2c[nH]c3ccccc23)C1=O. The van der Waals surface area contributed by atoms with E-state index in [2.05, 4.69) is 10.3 Å². The zero-order valence-electron chi connectivity index (χ0n) is 15.9. The fourth-order valence-corrected chi connectivity index (χ4v) is 3.37. The van der Waals surface area contributed by atoms with Crippen molar-refractivity contribution in [1.29, 1.82) is 0 Å². The number of allylic oxidation sites excluding steroid dienone is 1. The van der Waals surface area contributed by atoms with Crippen molar-refractivity contribution in [2.75, 3.05) is 12.0 Å². The molecule has 0 bridgehead atoms. The van der Waals surface area contributed by atoms with E-state index in [-0.39, 0.29) is 11.4 Å². The Kier molecular flexibility index (Phi) is 4.89. The Bertz CT molecular complexity index is 1210. The maximum absolute atomic E-state index is 13.0. The number of urea groups is 1. The number of carbonyl (C=O) groups excluding carboxylic acids is 4. The van der Waals surface area contributed by atoms with Crippen LogP contribution in [0.4, 0.5) is 10.5 Å². The van der Waals surface area contributed by atoms with E-state index in [4.69, 9.17) is 4.74 Å². The number of aromatic nitrogens is 1.